The summed E-state index contributed by atoms with van der Waals surface area (Å²) in [5, 5.41) is 6.74. The number of hydrogen-bond donors (Lipinski definition) is 1. The first kappa shape index (κ1) is 15.2. The highest BCUT2D eigenvalue weighted by molar-refractivity contribution is 7.14. The van der Waals surface area contributed by atoms with Gasteiger partial charge in [0.1, 0.15) is 10.7 Å². The largest absolute Gasteiger partial charge is 0.370 e. The van der Waals surface area contributed by atoms with E-state index in [0.29, 0.717) is 31.1 Å². The van der Waals surface area contributed by atoms with Gasteiger partial charge in [0.15, 0.2) is 0 Å². The van der Waals surface area contributed by atoms with Gasteiger partial charge in [-0.1, -0.05) is 0 Å². The van der Waals surface area contributed by atoms with Gasteiger partial charge < -0.3 is 10.6 Å². The van der Waals surface area contributed by atoms with Gasteiger partial charge in [0, 0.05) is 35.8 Å². The fourth-order valence-electron chi connectivity index (χ4n) is 2.68. The van der Waals surface area contributed by atoms with Crippen molar-refractivity contribution in [3.63, 3.8) is 0 Å². The van der Waals surface area contributed by atoms with Crippen molar-refractivity contribution < 1.29 is 9.59 Å². The molecule has 3 heterocycles. The predicted molar refractivity (Wildman–Crippen MR) is 87.9 cm³/mol. The van der Waals surface area contributed by atoms with E-state index in [4.69, 9.17) is 5.73 Å². The number of piperidine rings is 1. The van der Waals surface area contributed by atoms with E-state index in [2.05, 4.69) is 4.98 Å². The maximum atomic E-state index is 12.5. The smallest absolute Gasteiger partial charge is 0.273 e. The Kier molecular flexibility index (Phi) is 4.54. The van der Waals surface area contributed by atoms with Crippen molar-refractivity contribution in [1.82, 2.24) is 9.88 Å². The number of nitrogens with zero attached hydrogens (tertiary/aromatic N) is 2. The van der Waals surface area contributed by atoms with Crippen LogP contribution in [-0.4, -0.2) is 34.8 Å². The standard InChI is InChI=1S/C15H17N3O2S2/c16-13(19)7-10-1-4-18(5-2-10)15(20)12-9-22-14(17-12)11-3-6-21-8-11/h3,6,8-10H,1-2,4-5,7H2,(H2,16,19). The molecular formula is C15H17N3O2S2. The molecule has 0 spiro atoms. The molecule has 0 aliphatic carbocycles. The third kappa shape index (κ3) is 3.36. The monoisotopic (exact) mass is 335 g/mol. The van der Waals surface area contributed by atoms with E-state index in [0.717, 1.165) is 23.4 Å². The first-order chi connectivity index (χ1) is 10.6. The van der Waals surface area contributed by atoms with Crippen LogP contribution in [0.1, 0.15) is 29.8 Å². The second kappa shape index (κ2) is 6.58. The third-order valence-electron chi connectivity index (χ3n) is 3.88. The SMILES string of the molecule is NC(=O)CC1CCN(C(=O)c2csc(-c3ccsc3)n2)CC1. The second-order valence-electron chi connectivity index (χ2n) is 5.46. The Morgan fingerprint density at radius 2 is 2.09 bits per heavy atom. The van der Waals surface area contributed by atoms with Gasteiger partial charge >= 0.3 is 0 Å². The number of carbonyl (C=O) groups is 2. The maximum absolute atomic E-state index is 12.5. The van der Waals surface area contributed by atoms with Gasteiger partial charge in [0.2, 0.25) is 5.91 Å². The van der Waals surface area contributed by atoms with Gasteiger partial charge in [0.25, 0.3) is 5.91 Å². The normalized spacial score (nSPS) is 15.9. The molecule has 22 heavy (non-hydrogen) atoms. The fraction of sp³-hybridized carbons (Fsp3) is 0.400. The average Bonchev–Trinajstić information content (AvgIpc) is 3.18. The van der Waals surface area contributed by atoms with Crippen LogP contribution in [0.25, 0.3) is 10.6 Å². The van der Waals surface area contributed by atoms with E-state index < -0.39 is 0 Å². The van der Waals surface area contributed by atoms with Gasteiger partial charge in [-0.2, -0.15) is 11.3 Å². The van der Waals surface area contributed by atoms with Crippen LogP contribution in [0.5, 0.6) is 0 Å². The summed E-state index contributed by atoms with van der Waals surface area (Å²) < 4.78 is 0. The number of thiazole rings is 1. The lowest BCUT2D eigenvalue weighted by Crippen LogP contribution is -2.39. The molecule has 1 aliphatic rings. The molecular weight excluding hydrogens is 318 g/mol. The highest BCUT2D eigenvalue weighted by atomic mass is 32.1. The molecule has 2 aromatic rings. The summed E-state index contributed by atoms with van der Waals surface area (Å²) in [5.74, 6) is 0.0262. The van der Waals surface area contributed by atoms with Crippen LogP contribution < -0.4 is 5.73 Å². The van der Waals surface area contributed by atoms with E-state index in [1.807, 2.05) is 27.1 Å². The highest BCUT2D eigenvalue weighted by Gasteiger charge is 2.25. The van der Waals surface area contributed by atoms with Gasteiger partial charge in [-0.25, -0.2) is 4.98 Å². The van der Waals surface area contributed by atoms with Gasteiger partial charge in [-0.05, 0) is 30.2 Å². The molecule has 1 aliphatic heterocycles. The Labute approximate surface area is 136 Å². The van der Waals surface area contributed by atoms with Crippen molar-refractivity contribution in [3.05, 3.63) is 27.9 Å². The van der Waals surface area contributed by atoms with Crippen LogP contribution >= 0.6 is 22.7 Å². The Morgan fingerprint density at radius 1 is 1.32 bits per heavy atom. The number of carbonyl (C=O) groups excluding carboxylic acids is 2. The summed E-state index contributed by atoms with van der Waals surface area (Å²) >= 11 is 3.11. The molecule has 116 valence electrons. The van der Waals surface area contributed by atoms with E-state index in [-0.39, 0.29) is 11.8 Å². The molecule has 2 N–H and O–H groups in total. The van der Waals surface area contributed by atoms with Crippen LogP contribution in [-0.2, 0) is 4.79 Å². The van der Waals surface area contributed by atoms with Crippen LogP contribution in [0.15, 0.2) is 22.2 Å². The molecule has 0 unspecified atom stereocenters. The van der Waals surface area contributed by atoms with Crippen LogP contribution in [0.3, 0.4) is 0 Å². The molecule has 2 amide bonds. The zero-order valence-electron chi connectivity index (χ0n) is 12.0. The van der Waals surface area contributed by atoms with Gasteiger partial charge in [-0.15, -0.1) is 11.3 Å². The fourth-order valence-corrected chi connectivity index (χ4v) is 4.18. The van der Waals surface area contributed by atoms with Crippen LogP contribution in [0.4, 0.5) is 0 Å². The summed E-state index contributed by atoms with van der Waals surface area (Å²) in [7, 11) is 0. The molecule has 2 aromatic heterocycles. The maximum Gasteiger partial charge on any atom is 0.273 e. The van der Waals surface area contributed by atoms with E-state index >= 15 is 0 Å². The molecule has 3 rings (SSSR count). The number of likely N-dealkylation sites (tertiary alicyclic amines) is 1. The zero-order valence-corrected chi connectivity index (χ0v) is 13.7. The molecule has 1 saturated heterocycles. The molecule has 0 aromatic carbocycles. The molecule has 0 bridgehead atoms. The lowest BCUT2D eigenvalue weighted by molar-refractivity contribution is -0.119. The minimum absolute atomic E-state index is 0.0183. The van der Waals surface area contributed by atoms with Crippen molar-refractivity contribution in [3.8, 4) is 10.6 Å². The van der Waals surface area contributed by atoms with Crippen molar-refractivity contribution in [2.75, 3.05) is 13.1 Å². The van der Waals surface area contributed by atoms with E-state index in [1.165, 1.54) is 11.3 Å². The highest BCUT2D eigenvalue weighted by Crippen LogP contribution is 2.27. The molecule has 5 nitrogen and oxygen atoms in total. The molecule has 7 heteroatoms. The molecule has 1 fully saturated rings. The first-order valence-electron chi connectivity index (χ1n) is 7.19. The van der Waals surface area contributed by atoms with Gasteiger partial charge in [0.05, 0.1) is 0 Å². The number of hydrogen-bond acceptors (Lipinski definition) is 5. The summed E-state index contributed by atoms with van der Waals surface area (Å²) in [6.07, 6.45) is 2.08. The van der Waals surface area contributed by atoms with Gasteiger partial charge in [-0.3, -0.25) is 9.59 Å². The average molecular weight is 335 g/mol. The summed E-state index contributed by atoms with van der Waals surface area (Å²) in [5.41, 5.74) is 6.81. The number of thiophene rings is 1. The van der Waals surface area contributed by atoms with Crippen LogP contribution in [0.2, 0.25) is 0 Å². The summed E-state index contributed by atoms with van der Waals surface area (Å²) in [6.45, 7) is 1.34. The van der Waals surface area contributed by atoms with Crippen molar-refractivity contribution in [2.24, 2.45) is 11.7 Å². The molecule has 0 saturated carbocycles. The number of nitrogens with two attached hydrogens (primary N) is 1. The minimum Gasteiger partial charge on any atom is -0.370 e. The molecule has 0 radical (unpaired) electrons. The zero-order chi connectivity index (χ0) is 15.5. The second-order valence-corrected chi connectivity index (χ2v) is 7.09. The van der Waals surface area contributed by atoms with E-state index in [1.54, 1.807) is 11.3 Å². The Bertz CT molecular complexity index is 658. The first-order valence-corrected chi connectivity index (χ1v) is 9.01. The molecule has 0 atom stereocenters. The van der Waals surface area contributed by atoms with Crippen molar-refractivity contribution in [2.45, 2.75) is 19.3 Å². The van der Waals surface area contributed by atoms with Crippen molar-refractivity contribution >= 4 is 34.5 Å². The number of aromatic nitrogens is 1. The number of primary amides is 1. The third-order valence-corrected chi connectivity index (χ3v) is 5.46. The summed E-state index contributed by atoms with van der Waals surface area (Å²) in [4.78, 5) is 29.7. The topological polar surface area (TPSA) is 76.3 Å². The summed E-state index contributed by atoms with van der Waals surface area (Å²) in [6, 6.07) is 2.01. The predicted octanol–water partition coefficient (Wildman–Crippen LogP) is 2.60. The van der Waals surface area contributed by atoms with Crippen LogP contribution in [0, 0.1) is 5.92 Å². The Balaban J connectivity index is 1.62. The minimum atomic E-state index is -0.260. The van der Waals surface area contributed by atoms with Crippen molar-refractivity contribution in [1.29, 1.82) is 0 Å². The lowest BCUT2D eigenvalue weighted by atomic mass is 9.93. The number of amides is 2. The quantitative estimate of drug-likeness (QED) is 0.933. The number of rotatable bonds is 4. The van der Waals surface area contributed by atoms with E-state index in [9.17, 15) is 9.59 Å². The Hall–Kier alpha value is -1.73. The lowest BCUT2D eigenvalue weighted by Gasteiger charge is -2.31. The Morgan fingerprint density at radius 3 is 2.73 bits per heavy atom.